The summed E-state index contributed by atoms with van der Waals surface area (Å²) in [7, 11) is -0.955. The van der Waals surface area contributed by atoms with Crippen molar-refractivity contribution >= 4 is 28.3 Å². The maximum Gasteiger partial charge on any atom is 0.251 e. The number of halogens is 1. The molecule has 0 heterocycles. The van der Waals surface area contributed by atoms with Crippen LogP contribution in [0, 0.1) is 0 Å². The maximum absolute atomic E-state index is 11.8. The number of hydrogen-bond donors (Lipinski definition) is 1. The van der Waals surface area contributed by atoms with Crippen molar-refractivity contribution < 1.29 is 9.00 Å². The Bertz CT molecular complexity index is 455. The molecule has 100 valence electrons. The van der Waals surface area contributed by atoms with E-state index < -0.39 is 10.8 Å². The molecule has 18 heavy (non-hydrogen) atoms. The van der Waals surface area contributed by atoms with E-state index in [1.807, 2.05) is 20.8 Å². The highest BCUT2D eigenvalue weighted by Gasteiger charge is 2.18. The normalized spacial score (nSPS) is 13.1. The highest BCUT2D eigenvalue weighted by Crippen LogP contribution is 2.11. The van der Waals surface area contributed by atoms with Gasteiger partial charge in [0.1, 0.15) is 0 Å². The van der Waals surface area contributed by atoms with Crippen LogP contribution < -0.4 is 5.32 Å². The van der Waals surface area contributed by atoms with E-state index >= 15 is 0 Å². The van der Waals surface area contributed by atoms with E-state index in [0.717, 1.165) is 0 Å². The zero-order valence-corrected chi connectivity index (χ0v) is 12.4. The molecule has 1 unspecified atom stereocenters. The molecule has 0 radical (unpaired) electrons. The van der Waals surface area contributed by atoms with E-state index in [2.05, 4.69) is 5.32 Å². The molecule has 0 saturated carbocycles. The van der Waals surface area contributed by atoms with E-state index in [1.54, 1.807) is 24.3 Å². The molecule has 1 N–H and O–H groups in total. The minimum Gasteiger partial charge on any atom is -0.351 e. The van der Waals surface area contributed by atoms with Crippen LogP contribution in [0.4, 0.5) is 0 Å². The fourth-order valence-electron chi connectivity index (χ4n) is 1.30. The van der Waals surface area contributed by atoms with Gasteiger partial charge in [-0.2, -0.15) is 0 Å². The average Bonchev–Trinajstić information content (AvgIpc) is 2.27. The van der Waals surface area contributed by atoms with Gasteiger partial charge in [0, 0.05) is 38.4 Å². The van der Waals surface area contributed by atoms with Gasteiger partial charge in [-0.15, -0.1) is 0 Å². The van der Waals surface area contributed by atoms with Gasteiger partial charge in [0.2, 0.25) is 0 Å². The Morgan fingerprint density at radius 2 is 2.06 bits per heavy atom. The molecule has 0 spiro atoms. The predicted molar refractivity (Wildman–Crippen MR) is 76.5 cm³/mol. The van der Waals surface area contributed by atoms with Crippen LogP contribution in [0.15, 0.2) is 24.3 Å². The molecule has 0 saturated heterocycles. The van der Waals surface area contributed by atoms with Crippen LogP contribution in [-0.2, 0) is 10.8 Å². The van der Waals surface area contributed by atoms with Crippen LogP contribution in [0.2, 0.25) is 5.02 Å². The summed E-state index contributed by atoms with van der Waals surface area (Å²) in [6, 6.07) is 6.75. The van der Waals surface area contributed by atoms with Crippen molar-refractivity contribution in [2.75, 3.05) is 12.3 Å². The molecule has 0 aliphatic carbocycles. The Morgan fingerprint density at radius 3 is 2.61 bits per heavy atom. The second-order valence-corrected chi connectivity index (χ2v) is 7.69. The molecule has 1 aromatic rings. The summed E-state index contributed by atoms with van der Waals surface area (Å²) >= 11 is 5.80. The van der Waals surface area contributed by atoms with E-state index in [1.165, 1.54) is 0 Å². The quantitative estimate of drug-likeness (QED) is 0.925. The van der Waals surface area contributed by atoms with Crippen molar-refractivity contribution in [3.05, 3.63) is 34.9 Å². The first kappa shape index (κ1) is 15.2. The van der Waals surface area contributed by atoms with Crippen molar-refractivity contribution in [2.45, 2.75) is 25.5 Å². The van der Waals surface area contributed by atoms with Crippen LogP contribution >= 0.6 is 11.6 Å². The molecular formula is C13H18ClNO2S. The van der Waals surface area contributed by atoms with Crippen LogP contribution in [0.1, 0.15) is 31.1 Å². The van der Waals surface area contributed by atoms with Crippen molar-refractivity contribution in [1.82, 2.24) is 5.32 Å². The molecule has 0 fully saturated rings. The molecular weight excluding hydrogens is 270 g/mol. The third-order valence-corrected chi connectivity index (χ3v) is 4.52. The molecule has 0 bridgehead atoms. The van der Waals surface area contributed by atoms with Gasteiger partial charge in [-0.05, 0) is 39.0 Å². The molecule has 0 aliphatic rings. The summed E-state index contributed by atoms with van der Waals surface area (Å²) in [5.41, 5.74) is 0.518. The summed E-state index contributed by atoms with van der Waals surface area (Å²) in [4.78, 5) is 11.8. The Hall–Kier alpha value is -0.870. The Kier molecular flexibility index (Phi) is 5.35. The van der Waals surface area contributed by atoms with Gasteiger partial charge < -0.3 is 5.32 Å². The van der Waals surface area contributed by atoms with Crippen molar-refractivity contribution in [3.63, 3.8) is 0 Å². The monoisotopic (exact) mass is 287 g/mol. The van der Waals surface area contributed by atoms with Gasteiger partial charge in [0.15, 0.2) is 0 Å². The van der Waals surface area contributed by atoms with E-state index in [-0.39, 0.29) is 10.7 Å². The largest absolute Gasteiger partial charge is 0.351 e. The SMILES string of the molecule is CC(C)(C)S(=O)CCNC(=O)c1cccc(Cl)c1. The van der Waals surface area contributed by atoms with Gasteiger partial charge in [-0.1, -0.05) is 17.7 Å². The fraction of sp³-hybridized carbons (Fsp3) is 0.462. The van der Waals surface area contributed by atoms with E-state index in [0.29, 0.717) is 22.9 Å². The molecule has 1 aromatic carbocycles. The fourth-order valence-corrected chi connectivity index (χ4v) is 2.39. The van der Waals surface area contributed by atoms with Crippen molar-refractivity contribution in [3.8, 4) is 0 Å². The average molecular weight is 288 g/mol. The highest BCUT2D eigenvalue weighted by atomic mass is 35.5. The topological polar surface area (TPSA) is 46.2 Å². The molecule has 1 amide bonds. The summed E-state index contributed by atoms with van der Waals surface area (Å²) < 4.78 is 11.5. The minimum atomic E-state index is -0.955. The first-order valence-corrected chi connectivity index (χ1v) is 7.42. The number of carbonyl (C=O) groups is 1. The number of hydrogen-bond acceptors (Lipinski definition) is 2. The highest BCUT2D eigenvalue weighted by molar-refractivity contribution is 7.86. The summed E-state index contributed by atoms with van der Waals surface area (Å²) in [5, 5.41) is 3.27. The number of nitrogens with one attached hydrogen (secondary N) is 1. The Morgan fingerprint density at radius 1 is 1.39 bits per heavy atom. The molecule has 1 atom stereocenters. The maximum atomic E-state index is 11.8. The molecule has 0 aliphatic heterocycles. The lowest BCUT2D eigenvalue weighted by Gasteiger charge is -2.17. The second kappa shape index (κ2) is 6.34. The first-order valence-electron chi connectivity index (χ1n) is 5.73. The third kappa shape index (κ3) is 4.78. The molecule has 5 heteroatoms. The van der Waals surface area contributed by atoms with Crippen molar-refractivity contribution in [1.29, 1.82) is 0 Å². The van der Waals surface area contributed by atoms with Crippen LogP contribution in [0.5, 0.6) is 0 Å². The zero-order chi connectivity index (χ0) is 13.8. The number of benzene rings is 1. The number of carbonyl (C=O) groups excluding carboxylic acids is 1. The van der Waals surface area contributed by atoms with Gasteiger partial charge in [0.25, 0.3) is 5.91 Å². The number of amides is 1. The van der Waals surface area contributed by atoms with Crippen LogP contribution in [-0.4, -0.2) is 27.2 Å². The molecule has 0 aromatic heterocycles. The summed E-state index contributed by atoms with van der Waals surface area (Å²) in [5.74, 6) is 0.263. The lowest BCUT2D eigenvalue weighted by Crippen LogP contribution is -2.32. The predicted octanol–water partition coefficient (Wildman–Crippen LogP) is 2.62. The third-order valence-electron chi connectivity index (χ3n) is 2.34. The smallest absolute Gasteiger partial charge is 0.251 e. The molecule has 1 rings (SSSR count). The van der Waals surface area contributed by atoms with Gasteiger partial charge in [-0.3, -0.25) is 9.00 Å². The Balaban J connectivity index is 2.46. The van der Waals surface area contributed by atoms with Gasteiger partial charge in [0.05, 0.1) is 0 Å². The van der Waals surface area contributed by atoms with Crippen LogP contribution in [0.25, 0.3) is 0 Å². The van der Waals surface area contributed by atoms with E-state index in [4.69, 9.17) is 11.6 Å². The van der Waals surface area contributed by atoms with Gasteiger partial charge in [-0.25, -0.2) is 0 Å². The number of rotatable bonds is 4. The first-order chi connectivity index (χ1) is 8.30. The minimum absolute atomic E-state index is 0.191. The van der Waals surface area contributed by atoms with Crippen LogP contribution in [0.3, 0.4) is 0 Å². The van der Waals surface area contributed by atoms with E-state index in [9.17, 15) is 9.00 Å². The lowest BCUT2D eigenvalue weighted by atomic mass is 10.2. The zero-order valence-electron chi connectivity index (χ0n) is 10.8. The summed E-state index contributed by atoms with van der Waals surface area (Å²) in [6.07, 6.45) is 0. The standard InChI is InChI=1S/C13H18ClNO2S/c1-13(2,3)18(17)8-7-15-12(16)10-5-4-6-11(14)9-10/h4-6,9H,7-8H2,1-3H3,(H,15,16). The van der Waals surface area contributed by atoms with Crippen molar-refractivity contribution in [2.24, 2.45) is 0 Å². The lowest BCUT2D eigenvalue weighted by molar-refractivity contribution is 0.0956. The summed E-state index contributed by atoms with van der Waals surface area (Å²) in [6.45, 7) is 6.15. The van der Waals surface area contributed by atoms with Gasteiger partial charge >= 0.3 is 0 Å². The molecule has 3 nitrogen and oxygen atoms in total. The Labute approximate surface area is 115 Å². The second-order valence-electron chi connectivity index (χ2n) is 4.93.